The number of amides is 1. The number of hydrogen-bond acceptors (Lipinski definition) is 6. The number of hydrogen-bond donors (Lipinski definition) is 1. The Balaban J connectivity index is 2.01. The lowest BCUT2D eigenvalue weighted by molar-refractivity contribution is -0.145. The molecule has 8 heteroatoms. The number of nitrogens with one attached hydrogen (secondary N) is 1. The molecule has 0 saturated heterocycles. The number of methoxy groups -OCH3 is 1. The Hall–Kier alpha value is -3.06. The summed E-state index contributed by atoms with van der Waals surface area (Å²) >= 11 is 6.25. The van der Waals surface area contributed by atoms with Gasteiger partial charge in [0.05, 0.1) is 31.4 Å². The van der Waals surface area contributed by atoms with Crippen molar-refractivity contribution in [2.75, 3.05) is 20.3 Å². The highest BCUT2D eigenvalue weighted by molar-refractivity contribution is 6.32. The normalized spacial score (nSPS) is 10.7. The van der Waals surface area contributed by atoms with E-state index in [1.54, 1.807) is 19.1 Å². The Morgan fingerprint density at radius 1 is 1.20 bits per heavy atom. The number of benzene rings is 2. The number of esters is 1. The highest BCUT2D eigenvalue weighted by Crippen LogP contribution is 2.36. The monoisotopic (exact) mass is 432 g/mol. The second-order valence-corrected chi connectivity index (χ2v) is 6.93. The minimum absolute atomic E-state index is 0.225. The molecule has 7 nitrogen and oxygen atoms in total. The maximum Gasteiger partial charge on any atom is 0.344 e. The molecule has 0 aromatic heterocycles. The maximum atomic E-state index is 12.1. The Kier molecular flexibility index (Phi) is 8.68. The number of nitrogens with zero attached hydrogens (tertiary/aromatic N) is 1. The molecule has 2 rings (SSSR count). The molecule has 0 unspecified atom stereocenters. The molecule has 0 atom stereocenters. The van der Waals surface area contributed by atoms with E-state index in [1.165, 1.54) is 13.3 Å². The summed E-state index contributed by atoms with van der Waals surface area (Å²) in [5.74, 6) is -0.184. The standard InChI is InChI=1S/C22H25ClN2O5/c1-5-29-21(27)13-30-22-18(23)9-16(10-19(22)28-4)12-24-25-20(26)11-17-7-6-14(2)8-15(17)3/h6-10,12H,5,11,13H2,1-4H3,(H,25,26)/b24-12+. The summed E-state index contributed by atoms with van der Waals surface area (Å²) in [5, 5.41) is 4.21. The van der Waals surface area contributed by atoms with Crippen LogP contribution >= 0.6 is 11.6 Å². The van der Waals surface area contributed by atoms with Crippen molar-refractivity contribution in [1.82, 2.24) is 5.43 Å². The summed E-state index contributed by atoms with van der Waals surface area (Å²) in [6.07, 6.45) is 1.68. The van der Waals surface area contributed by atoms with Crippen molar-refractivity contribution in [3.05, 3.63) is 57.6 Å². The smallest absolute Gasteiger partial charge is 0.344 e. The summed E-state index contributed by atoms with van der Waals surface area (Å²) in [4.78, 5) is 23.6. The van der Waals surface area contributed by atoms with Crippen LogP contribution in [0.2, 0.25) is 5.02 Å². The Labute approximate surface area is 181 Å². The average molecular weight is 433 g/mol. The van der Waals surface area contributed by atoms with Crippen molar-refractivity contribution in [3.63, 3.8) is 0 Å². The molecule has 2 aromatic carbocycles. The first-order valence-corrected chi connectivity index (χ1v) is 9.75. The van der Waals surface area contributed by atoms with Gasteiger partial charge in [-0.15, -0.1) is 0 Å². The number of halogens is 1. The van der Waals surface area contributed by atoms with Gasteiger partial charge in [-0.05, 0) is 49.6 Å². The van der Waals surface area contributed by atoms with Gasteiger partial charge in [0.25, 0.3) is 0 Å². The van der Waals surface area contributed by atoms with Crippen LogP contribution in [0.1, 0.15) is 29.2 Å². The fraction of sp³-hybridized carbons (Fsp3) is 0.318. The summed E-state index contributed by atoms with van der Waals surface area (Å²) in [5.41, 5.74) is 6.24. The zero-order valence-corrected chi connectivity index (χ0v) is 18.2. The molecule has 0 aliphatic rings. The van der Waals surface area contributed by atoms with E-state index in [0.29, 0.717) is 11.3 Å². The topological polar surface area (TPSA) is 86.2 Å². The fourth-order valence-corrected chi connectivity index (χ4v) is 3.00. The van der Waals surface area contributed by atoms with Gasteiger partial charge in [0.2, 0.25) is 5.91 Å². The minimum Gasteiger partial charge on any atom is -0.493 e. The number of hydrazone groups is 1. The SMILES string of the molecule is CCOC(=O)COc1c(Cl)cc(/C=N/NC(=O)Cc2ccc(C)cc2C)cc1OC. The van der Waals surface area contributed by atoms with E-state index in [4.69, 9.17) is 25.8 Å². The van der Waals surface area contributed by atoms with E-state index in [9.17, 15) is 9.59 Å². The van der Waals surface area contributed by atoms with Crippen LogP contribution in [0.5, 0.6) is 11.5 Å². The Morgan fingerprint density at radius 2 is 1.97 bits per heavy atom. The summed E-state index contributed by atoms with van der Waals surface area (Å²) in [6, 6.07) is 9.16. The van der Waals surface area contributed by atoms with Crippen LogP contribution in [-0.2, 0) is 20.7 Å². The quantitative estimate of drug-likeness (QED) is 0.371. The van der Waals surface area contributed by atoms with Crippen LogP contribution in [-0.4, -0.2) is 38.4 Å². The molecule has 0 spiro atoms. The van der Waals surface area contributed by atoms with Crippen molar-refractivity contribution in [3.8, 4) is 11.5 Å². The van der Waals surface area contributed by atoms with Crippen LogP contribution in [0, 0.1) is 13.8 Å². The van der Waals surface area contributed by atoms with Gasteiger partial charge in [-0.25, -0.2) is 10.2 Å². The highest BCUT2D eigenvalue weighted by atomic mass is 35.5. The zero-order chi connectivity index (χ0) is 22.1. The number of rotatable bonds is 9. The molecule has 2 aromatic rings. The van der Waals surface area contributed by atoms with Gasteiger partial charge in [0.1, 0.15) is 0 Å². The second kappa shape index (κ2) is 11.2. The molecule has 0 saturated carbocycles. The molecule has 0 fully saturated rings. The molecular formula is C22H25ClN2O5. The summed E-state index contributed by atoms with van der Waals surface area (Å²) in [6.45, 7) is 5.66. The number of carbonyl (C=O) groups is 2. The van der Waals surface area contributed by atoms with E-state index in [-0.39, 0.29) is 36.3 Å². The molecular weight excluding hydrogens is 408 g/mol. The lowest BCUT2D eigenvalue weighted by Crippen LogP contribution is -2.20. The van der Waals surface area contributed by atoms with E-state index >= 15 is 0 Å². The second-order valence-electron chi connectivity index (χ2n) is 6.53. The van der Waals surface area contributed by atoms with E-state index < -0.39 is 5.97 Å². The predicted octanol–water partition coefficient (Wildman–Crippen LogP) is 3.60. The van der Waals surface area contributed by atoms with E-state index in [0.717, 1.165) is 16.7 Å². The summed E-state index contributed by atoms with van der Waals surface area (Å²) in [7, 11) is 1.45. The molecule has 0 heterocycles. The van der Waals surface area contributed by atoms with Crippen molar-refractivity contribution in [2.24, 2.45) is 5.10 Å². The van der Waals surface area contributed by atoms with Gasteiger partial charge in [0.15, 0.2) is 18.1 Å². The highest BCUT2D eigenvalue weighted by Gasteiger charge is 2.14. The lowest BCUT2D eigenvalue weighted by Gasteiger charge is -2.12. The maximum absolute atomic E-state index is 12.1. The predicted molar refractivity (Wildman–Crippen MR) is 115 cm³/mol. The van der Waals surface area contributed by atoms with Gasteiger partial charge in [-0.2, -0.15) is 5.10 Å². The van der Waals surface area contributed by atoms with Crippen molar-refractivity contribution in [1.29, 1.82) is 0 Å². The van der Waals surface area contributed by atoms with Crippen LogP contribution < -0.4 is 14.9 Å². The van der Waals surface area contributed by atoms with Crippen LogP contribution in [0.15, 0.2) is 35.4 Å². The van der Waals surface area contributed by atoms with Crippen molar-refractivity contribution in [2.45, 2.75) is 27.2 Å². The number of aryl methyl sites for hydroxylation is 2. The Bertz CT molecular complexity index is 943. The van der Waals surface area contributed by atoms with Gasteiger partial charge < -0.3 is 14.2 Å². The minimum atomic E-state index is -0.507. The van der Waals surface area contributed by atoms with Crippen LogP contribution in [0.4, 0.5) is 0 Å². The first-order valence-electron chi connectivity index (χ1n) is 9.38. The average Bonchev–Trinajstić information content (AvgIpc) is 2.69. The van der Waals surface area contributed by atoms with Crippen molar-refractivity contribution >= 4 is 29.7 Å². The molecule has 30 heavy (non-hydrogen) atoms. The van der Waals surface area contributed by atoms with Crippen LogP contribution in [0.25, 0.3) is 0 Å². The van der Waals surface area contributed by atoms with Gasteiger partial charge in [-0.3, -0.25) is 4.79 Å². The molecule has 160 valence electrons. The third kappa shape index (κ3) is 6.77. The van der Waals surface area contributed by atoms with Crippen LogP contribution in [0.3, 0.4) is 0 Å². The Morgan fingerprint density at radius 3 is 2.63 bits per heavy atom. The number of carbonyl (C=O) groups excluding carboxylic acids is 2. The van der Waals surface area contributed by atoms with Gasteiger partial charge in [-0.1, -0.05) is 35.4 Å². The first-order chi connectivity index (χ1) is 14.3. The number of ether oxygens (including phenoxy) is 3. The molecule has 0 aliphatic carbocycles. The van der Waals surface area contributed by atoms with Crippen molar-refractivity contribution < 1.29 is 23.8 Å². The zero-order valence-electron chi connectivity index (χ0n) is 17.5. The van der Waals surface area contributed by atoms with E-state index in [1.807, 2.05) is 32.0 Å². The van der Waals surface area contributed by atoms with Gasteiger partial charge in [0, 0.05) is 0 Å². The third-order valence-electron chi connectivity index (χ3n) is 4.14. The lowest BCUT2D eigenvalue weighted by atomic mass is 10.0. The summed E-state index contributed by atoms with van der Waals surface area (Å²) < 4.78 is 15.5. The first kappa shape index (κ1) is 23.2. The van der Waals surface area contributed by atoms with Gasteiger partial charge >= 0.3 is 5.97 Å². The fourth-order valence-electron chi connectivity index (χ4n) is 2.72. The molecule has 0 aliphatic heterocycles. The molecule has 0 radical (unpaired) electrons. The van der Waals surface area contributed by atoms with E-state index in [2.05, 4.69) is 10.5 Å². The third-order valence-corrected chi connectivity index (χ3v) is 4.42. The molecule has 0 bridgehead atoms. The molecule has 1 N–H and O–H groups in total. The largest absolute Gasteiger partial charge is 0.493 e. The molecule has 1 amide bonds.